The molecule has 0 fully saturated rings. The lowest BCUT2D eigenvalue weighted by Gasteiger charge is -2.14. The number of sulfonamides is 1. The molecule has 6 heteroatoms. The van der Waals surface area contributed by atoms with Gasteiger partial charge >= 0.3 is 6.03 Å². The predicted molar refractivity (Wildman–Crippen MR) is 95.5 cm³/mol. The molecule has 1 atom stereocenters. The highest BCUT2D eigenvalue weighted by atomic mass is 32.2. The number of allylic oxidation sites excluding steroid dienone is 1. The summed E-state index contributed by atoms with van der Waals surface area (Å²) < 4.78 is 26.2. The molecule has 0 spiro atoms. The smallest absolute Gasteiger partial charge is 0.329 e. The number of urea groups is 1. The fourth-order valence-electron chi connectivity index (χ4n) is 2.21. The molecule has 2 rings (SSSR count). The summed E-state index contributed by atoms with van der Waals surface area (Å²) >= 11 is 0. The van der Waals surface area contributed by atoms with E-state index >= 15 is 0 Å². The van der Waals surface area contributed by atoms with Crippen LogP contribution in [0.5, 0.6) is 0 Å². The molecule has 0 bridgehead atoms. The number of nitrogens with one attached hydrogen (secondary N) is 2. The first-order valence-electron chi connectivity index (χ1n) is 7.49. The van der Waals surface area contributed by atoms with Crippen molar-refractivity contribution in [2.24, 2.45) is 0 Å². The highest BCUT2D eigenvalue weighted by molar-refractivity contribution is 7.93. The molecule has 5 nitrogen and oxygen atoms in total. The average Bonchev–Trinajstić information content (AvgIpc) is 2.55. The standard InChI is InChI=1S/C18H20N2O3S/c1-14(16-9-5-3-6-10-16)13-24(22,23)20-18(21)19-15(2)17-11-7-4-8-12-17/h3-13,15H,1-2H3,(H2,19,20,21). The number of rotatable bonds is 5. The van der Waals surface area contributed by atoms with E-state index in [9.17, 15) is 13.2 Å². The highest BCUT2D eigenvalue weighted by Gasteiger charge is 2.15. The van der Waals surface area contributed by atoms with Crippen molar-refractivity contribution >= 4 is 21.6 Å². The van der Waals surface area contributed by atoms with Crippen molar-refractivity contribution in [3.63, 3.8) is 0 Å². The van der Waals surface area contributed by atoms with E-state index in [1.165, 1.54) is 0 Å². The van der Waals surface area contributed by atoms with Crippen LogP contribution < -0.4 is 10.0 Å². The van der Waals surface area contributed by atoms with Gasteiger partial charge in [0, 0.05) is 0 Å². The van der Waals surface area contributed by atoms with Gasteiger partial charge < -0.3 is 5.32 Å². The van der Waals surface area contributed by atoms with Crippen LogP contribution in [0.1, 0.15) is 31.0 Å². The Kier molecular flexibility index (Phi) is 5.76. The first-order chi connectivity index (χ1) is 11.4. The highest BCUT2D eigenvalue weighted by Crippen LogP contribution is 2.14. The maximum absolute atomic E-state index is 12.1. The molecule has 126 valence electrons. The molecule has 0 saturated heterocycles. The van der Waals surface area contributed by atoms with Crippen LogP contribution >= 0.6 is 0 Å². The molecule has 0 aliphatic heterocycles. The zero-order chi connectivity index (χ0) is 17.6. The Balaban J connectivity index is 2.02. The molecule has 0 aromatic heterocycles. The van der Waals surface area contributed by atoms with Crippen LogP contribution in [0.2, 0.25) is 0 Å². The number of hydrogen-bond acceptors (Lipinski definition) is 3. The van der Waals surface area contributed by atoms with Crippen molar-refractivity contribution in [3.8, 4) is 0 Å². The Labute approximate surface area is 142 Å². The monoisotopic (exact) mass is 344 g/mol. The Morgan fingerprint density at radius 3 is 2.12 bits per heavy atom. The lowest BCUT2D eigenvalue weighted by molar-refractivity contribution is 0.243. The third kappa shape index (κ3) is 5.24. The lowest BCUT2D eigenvalue weighted by Crippen LogP contribution is -2.39. The van der Waals surface area contributed by atoms with Gasteiger partial charge in [0.2, 0.25) is 0 Å². The van der Waals surface area contributed by atoms with Crippen molar-refractivity contribution < 1.29 is 13.2 Å². The molecule has 2 aromatic rings. The first kappa shape index (κ1) is 17.7. The minimum atomic E-state index is -3.88. The number of carbonyl (C=O) groups is 1. The quantitative estimate of drug-likeness (QED) is 0.872. The maximum Gasteiger partial charge on any atom is 0.329 e. The van der Waals surface area contributed by atoms with Gasteiger partial charge in [0.05, 0.1) is 11.4 Å². The van der Waals surface area contributed by atoms with Crippen LogP contribution in [-0.2, 0) is 10.0 Å². The summed E-state index contributed by atoms with van der Waals surface area (Å²) in [7, 11) is -3.88. The van der Waals surface area contributed by atoms with Crippen LogP contribution in [0.4, 0.5) is 4.79 Å². The molecular formula is C18H20N2O3S. The van der Waals surface area contributed by atoms with Gasteiger partial charge in [-0.3, -0.25) is 0 Å². The molecule has 24 heavy (non-hydrogen) atoms. The average molecular weight is 344 g/mol. The number of benzene rings is 2. The van der Waals surface area contributed by atoms with Gasteiger partial charge in [-0.1, -0.05) is 60.7 Å². The summed E-state index contributed by atoms with van der Waals surface area (Å²) in [5, 5.41) is 3.66. The van der Waals surface area contributed by atoms with E-state index < -0.39 is 16.1 Å². The van der Waals surface area contributed by atoms with Crippen LogP contribution in [0, 0.1) is 0 Å². The Morgan fingerprint density at radius 2 is 1.54 bits per heavy atom. The minimum Gasteiger partial charge on any atom is -0.331 e. The van der Waals surface area contributed by atoms with E-state index in [1.54, 1.807) is 26.0 Å². The Morgan fingerprint density at radius 1 is 1.00 bits per heavy atom. The second-order valence-electron chi connectivity index (χ2n) is 5.42. The molecule has 0 radical (unpaired) electrons. The zero-order valence-electron chi connectivity index (χ0n) is 13.6. The van der Waals surface area contributed by atoms with Crippen molar-refractivity contribution in [1.82, 2.24) is 10.0 Å². The van der Waals surface area contributed by atoms with E-state index in [1.807, 2.05) is 53.3 Å². The summed E-state index contributed by atoms with van der Waals surface area (Å²) in [6.07, 6.45) is 0. The molecule has 0 aliphatic carbocycles. The van der Waals surface area contributed by atoms with Crippen molar-refractivity contribution in [2.45, 2.75) is 19.9 Å². The van der Waals surface area contributed by atoms with E-state index in [0.29, 0.717) is 5.57 Å². The SMILES string of the molecule is CC(=CS(=O)(=O)NC(=O)NC(C)c1ccccc1)c1ccccc1. The van der Waals surface area contributed by atoms with Crippen LogP contribution in [0.3, 0.4) is 0 Å². The van der Waals surface area contributed by atoms with E-state index in [2.05, 4.69) is 5.32 Å². The van der Waals surface area contributed by atoms with Crippen molar-refractivity contribution in [2.75, 3.05) is 0 Å². The number of hydrogen-bond donors (Lipinski definition) is 2. The summed E-state index contributed by atoms with van der Waals surface area (Å²) in [5.74, 6) is 0. The topological polar surface area (TPSA) is 75.3 Å². The van der Waals surface area contributed by atoms with Crippen LogP contribution in [-0.4, -0.2) is 14.4 Å². The lowest BCUT2D eigenvalue weighted by atomic mass is 10.1. The van der Waals surface area contributed by atoms with Gasteiger partial charge in [-0.15, -0.1) is 0 Å². The number of carbonyl (C=O) groups excluding carboxylic acids is 1. The third-order valence-electron chi connectivity index (χ3n) is 3.44. The van der Waals surface area contributed by atoms with Gasteiger partial charge in [-0.2, -0.15) is 0 Å². The molecule has 2 N–H and O–H groups in total. The van der Waals surface area contributed by atoms with Crippen molar-refractivity contribution in [3.05, 3.63) is 77.2 Å². The normalized spacial score (nSPS) is 13.2. The van der Waals surface area contributed by atoms with Gasteiger partial charge in [0.1, 0.15) is 0 Å². The van der Waals surface area contributed by atoms with E-state index in [0.717, 1.165) is 16.5 Å². The van der Waals surface area contributed by atoms with Gasteiger partial charge in [-0.05, 0) is 30.5 Å². The zero-order valence-corrected chi connectivity index (χ0v) is 14.4. The molecular weight excluding hydrogens is 324 g/mol. The summed E-state index contributed by atoms with van der Waals surface area (Å²) in [6.45, 7) is 3.46. The van der Waals surface area contributed by atoms with Crippen LogP contribution in [0.15, 0.2) is 66.1 Å². The fraction of sp³-hybridized carbons (Fsp3) is 0.167. The fourth-order valence-corrected chi connectivity index (χ4v) is 3.19. The third-order valence-corrected chi connectivity index (χ3v) is 4.58. The van der Waals surface area contributed by atoms with Crippen molar-refractivity contribution in [1.29, 1.82) is 0 Å². The summed E-state index contributed by atoms with van der Waals surface area (Å²) in [6, 6.07) is 17.3. The molecule has 2 aromatic carbocycles. The largest absolute Gasteiger partial charge is 0.331 e. The van der Waals surface area contributed by atoms with E-state index in [4.69, 9.17) is 0 Å². The maximum atomic E-state index is 12.1. The molecule has 0 heterocycles. The molecule has 1 unspecified atom stereocenters. The number of amides is 2. The van der Waals surface area contributed by atoms with Gasteiger partial charge in [-0.25, -0.2) is 17.9 Å². The Hall–Kier alpha value is -2.60. The molecule has 2 amide bonds. The first-order valence-corrected chi connectivity index (χ1v) is 9.04. The van der Waals surface area contributed by atoms with E-state index in [-0.39, 0.29) is 6.04 Å². The second-order valence-corrected chi connectivity index (χ2v) is 6.95. The minimum absolute atomic E-state index is 0.305. The molecule has 0 saturated carbocycles. The van der Waals surface area contributed by atoms with Gasteiger partial charge in [0.25, 0.3) is 10.0 Å². The van der Waals surface area contributed by atoms with Gasteiger partial charge in [0.15, 0.2) is 0 Å². The predicted octanol–water partition coefficient (Wildman–Crippen LogP) is 3.44. The Bertz CT molecular complexity index is 816. The summed E-state index contributed by atoms with van der Waals surface area (Å²) in [5.41, 5.74) is 2.22. The summed E-state index contributed by atoms with van der Waals surface area (Å²) in [4.78, 5) is 11.9. The molecule has 0 aliphatic rings. The second kappa shape index (κ2) is 7.79. The van der Waals surface area contributed by atoms with Crippen LogP contribution in [0.25, 0.3) is 5.57 Å².